The van der Waals surface area contributed by atoms with Crippen molar-refractivity contribution in [2.45, 2.75) is 31.7 Å². The van der Waals surface area contributed by atoms with E-state index < -0.39 is 0 Å². The van der Waals surface area contributed by atoms with Crippen LogP contribution in [-0.2, 0) is 11.3 Å². The molecule has 0 aliphatic rings. The molecule has 0 saturated heterocycles. The Morgan fingerprint density at radius 2 is 1.92 bits per heavy atom. The van der Waals surface area contributed by atoms with Crippen LogP contribution in [0.5, 0.6) is 5.75 Å². The van der Waals surface area contributed by atoms with E-state index in [1.807, 2.05) is 66.1 Å². The third-order valence-corrected chi connectivity index (χ3v) is 8.40. The summed E-state index contributed by atoms with van der Waals surface area (Å²) in [6.07, 6.45) is 1.44. The topological polar surface area (TPSA) is 81.9 Å². The number of hydrogen-bond donors (Lipinski definition) is 1. The predicted molar refractivity (Wildman–Crippen MR) is 163 cm³/mol. The monoisotopic (exact) mass is 619 g/mol. The van der Waals surface area contributed by atoms with Gasteiger partial charge >= 0.3 is 0 Å². The lowest BCUT2D eigenvalue weighted by molar-refractivity contribution is -0.113. The number of fused-ring (bicyclic) bond motifs is 1. The van der Waals surface area contributed by atoms with Crippen LogP contribution in [0.15, 0.2) is 89.0 Å². The second-order valence-corrected chi connectivity index (χ2v) is 11.7. The molecule has 0 fully saturated rings. The van der Waals surface area contributed by atoms with Gasteiger partial charge in [0.05, 0.1) is 16.0 Å². The van der Waals surface area contributed by atoms with E-state index in [1.54, 1.807) is 17.4 Å². The van der Waals surface area contributed by atoms with Gasteiger partial charge in [0.25, 0.3) is 0 Å². The summed E-state index contributed by atoms with van der Waals surface area (Å²) in [5.41, 5.74) is 3.96. The molecule has 0 radical (unpaired) electrons. The van der Waals surface area contributed by atoms with Crippen molar-refractivity contribution in [2.24, 2.45) is 0 Å². The van der Waals surface area contributed by atoms with Crippen molar-refractivity contribution in [3.8, 4) is 16.3 Å². The van der Waals surface area contributed by atoms with Gasteiger partial charge in [-0.1, -0.05) is 39.8 Å². The van der Waals surface area contributed by atoms with E-state index in [2.05, 4.69) is 57.1 Å². The van der Waals surface area contributed by atoms with Gasteiger partial charge in [-0.2, -0.15) is 0 Å². The summed E-state index contributed by atoms with van der Waals surface area (Å²) >= 11 is 6.42. The molecular formula is C29H26BrN5O2S2. The fourth-order valence-electron chi connectivity index (χ4n) is 3.96. The average Bonchev–Trinajstić information content (AvgIpc) is 3.53. The molecule has 2 aromatic heterocycles. The summed E-state index contributed by atoms with van der Waals surface area (Å²) in [4.78, 5) is 17.5. The lowest BCUT2D eigenvalue weighted by atomic mass is 10.2. The molecule has 10 heteroatoms. The highest BCUT2D eigenvalue weighted by Gasteiger charge is 2.20. The van der Waals surface area contributed by atoms with E-state index >= 15 is 0 Å². The number of aromatic nitrogens is 4. The van der Waals surface area contributed by atoms with E-state index in [0.29, 0.717) is 17.5 Å². The number of nitrogens with zero attached hydrogens (tertiary/aromatic N) is 4. The van der Waals surface area contributed by atoms with E-state index in [0.717, 1.165) is 32.0 Å². The van der Waals surface area contributed by atoms with Crippen molar-refractivity contribution in [3.63, 3.8) is 0 Å². The molecule has 198 valence electrons. The quantitative estimate of drug-likeness (QED) is 0.127. The van der Waals surface area contributed by atoms with E-state index in [-0.39, 0.29) is 17.8 Å². The second kappa shape index (κ2) is 12.1. The molecule has 39 heavy (non-hydrogen) atoms. The molecule has 0 saturated carbocycles. The molecule has 1 N–H and O–H groups in total. The van der Waals surface area contributed by atoms with Crippen LogP contribution < -0.4 is 10.1 Å². The number of ether oxygens (including phenoxy) is 1. The van der Waals surface area contributed by atoms with Crippen LogP contribution in [0.1, 0.15) is 24.4 Å². The first-order valence-electron chi connectivity index (χ1n) is 12.3. The number of nitrogens with one attached hydrogen (secondary N) is 1. The molecule has 5 rings (SSSR count). The lowest BCUT2D eigenvalue weighted by Gasteiger charge is -2.15. The first-order valence-corrected chi connectivity index (χ1v) is 14.9. The number of carbonyl (C=O) groups is 1. The SMILES string of the molecule is C=CCn1c(SCC(=O)Nc2ccc(-c3nc4ccc(C)cc4s3)cc2)nnc1C(C)Oc1ccc(Br)cc1. The number of rotatable bonds is 10. The van der Waals surface area contributed by atoms with Crippen LogP contribution in [0.25, 0.3) is 20.8 Å². The van der Waals surface area contributed by atoms with Crippen molar-refractivity contribution in [1.82, 2.24) is 19.7 Å². The van der Waals surface area contributed by atoms with Crippen LogP contribution in [0, 0.1) is 6.92 Å². The van der Waals surface area contributed by atoms with Crippen LogP contribution in [0.2, 0.25) is 0 Å². The number of anilines is 1. The van der Waals surface area contributed by atoms with Crippen LogP contribution >= 0.6 is 39.0 Å². The molecule has 1 atom stereocenters. The number of carbonyl (C=O) groups excluding carboxylic acids is 1. The second-order valence-electron chi connectivity index (χ2n) is 8.86. The largest absolute Gasteiger partial charge is 0.483 e. The number of thioether (sulfide) groups is 1. The fourth-order valence-corrected chi connectivity index (χ4v) is 6.05. The number of halogens is 1. The summed E-state index contributed by atoms with van der Waals surface area (Å²) < 4.78 is 10.1. The minimum absolute atomic E-state index is 0.128. The maximum Gasteiger partial charge on any atom is 0.234 e. The van der Waals surface area contributed by atoms with Gasteiger partial charge in [0, 0.05) is 22.3 Å². The number of aryl methyl sites for hydroxylation is 1. The zero-order valence-corrected chi connectivity index (χ0v) is 24.6. The van der Waals surface area contributed by atoms with Gasteiger partial charge in [-0.15, -0.1) is 28.1 Å². The Hall–Kier alpha value is -3.47. The molecule has 0 bridgehead atoms. The minimum Gasteiger partial charge on any atom is -0.483 e. The van der Waals surface area contributed by atoms with Gasteiger partial charge in [0.2, 0.25) is 5.91 Å². The van der Waals surface area contributed by atoms with E-state index in [9.17, 15) is 4.79 Å². The smallest absolute Gasteiger partial charge is 0.234 e. The normalized spacial score (nSPS) is 11.9. The van der Waals surface area contributed by atoms with Gasteiger partial charge in [0.1, 0.15) is 10.8 Å². The maximum absolute atomic E-state index is 12.7. The highest BCUT2D eigenvalue weighted by Crippen LogP contribution is 2.31. The van der Waals surface area contributed by atoms with Gasteiger partial charge in [-0.05, 0) is 80.1 Å². The molecule has 0 aliphatic heterocycles. The van der Waals surface area contributed by atoms with Crippen molar-refractivity contribution >= 4 is 60.8 Å². The number of benzene rings is 3. The fraction of sp³-hybridized carbons (Fsp3) is 0.172. The molecule has 0 spiro atoms. The summed E-state index contributed by atoms with van der Waals surface area (Å²) in [6.45, 7) is 8.36. The van der Waals surface area contributed by atoms with Gasteiger partial charge in [-0.25, -0.2) is 4.98 Å². The Bertz CT molecular complexity index is 1610. The van der Waals surface area contributed by atoms with E-state index in [1.165, 1.54) is 22.0 Å². The van der Waals surface area contributed by atoms with Crippen molar-refractivity contribution in [2.75, 3.05) is 11.1 Å². The Balaban J connectivity index is 1.20. The maximum atomic E-state index is 12.7. The van der Waals surface area contributed by atoms with Crippen molar-refractivity contribution < 1.29 is 9.53 Å². The first-order chi connectivity index (χ1) is 18.9. The zero-order valence-electron chi connectivity index (χ0n) is 21.4. The van der Waals surface area contributed by atoms with Crippen molar-refractivity contribution in [1.29, 1.82) is 0 Å². The summed E-state index contributed by atoms with van der Waals surface area (Å²) in [6, 6.07) is 21.6. The highest BCUT2D eigenvalue weighted by atomic mass is 79.9. The zero-order chi connectivity index (χ0) is 27.4. The Labute approximate surface area is 243 Å². The number of allylic oxidation sites excluding steroid dienone is 1. The van der Waals surface area contributed by atoms with Crippen LogP contribution in [-0.4, -0.2) is 31.4 Å². The molecule has 2 heterocycles. The number of hydrogen-bond acceptors (Lipinski definition) is 7. The summed E-state index contributed by atoms with van der Waals surface area (Å²) in [5.74, 6) is 1.46. The molecular weight excluding hydrogens is 594 g/mol. The third-order valence-electron chi connectivity index (χ3n) is 5.84. The molecule has 1 unspecified atom stereocenters. The molecule has 1 amide bonds. The molecule has 5 aromatic rings. The Morgan fingerprint density at radius 3 is 2.67 bits per heavy atom. The van der Waals surface area contributed by atoms with Crippen molar-refractivity contribution in [3.05, 3.63) is 95.2 Å². The minimum atomic E-state index is -0.334. The van der Waals surface area contributed by atoms with Crippen LogP contribution in [0.4, 0.5) is 5.69 Å². The third kappa shape index (κ3) is 6.58. The molecule has 7 nitrogen and oxygen atoms in total. The van der Waals surface area contributed by atoms with E-state index in [4.69, 9.17) is 9.72 Å². The summed E-state index contributed by atoms with van der Waals surface area (Å²) in [5, 5.41) is 13.2. The predicted octanol–water partition coefficient (Wildman–Crippen LogP) is 7.68. The number of amides is 1. The molecule has 0 aliphatic carbocycles. The Kier molecular flexibility index (Phi) is 8.44. The lowest BCUT2D eigenvalue weighted by Crippen LogP contribution is -2.15. The Morgan fingerprint density at radius 1 is 1.15 bits per heavy atom. The highest BCUT2D eigenvalue weighted by molar-refractivity contribution is 9.10. The first kappa shape index (κ1) is 27.1. The molecule has 3 aromatic carbocycles. The van der Waals surface area contributed by atoms with Gasteiger partial charge in [0.15, 0.2) is 17.1 Å². The summed E-state index contributed by atoms with van der Waals surface area (Å²) in [7, 11) is 0. The van der Waals surface area contributed by atoms with Gasteiger partial charge in [-0.3, -0.25) is 9.36 Å². The average molecular weight is 621 g/mol. The van der Waals surface area contributed by atoms with Crippen LogP contribution in [0.3, 0.4) is 0 Å². The number of thiazole rings is 1. The van der Waals surface area contributed by atoms with Gasteiger partial charge < -0.3 is 10.1 Å². The standard InChI is InChI=1S/C29H26BrN5O2S2/c1-4-15-35-27(19(3)37-23-12-8-21(30)9-13-23)33-34-29(35)38-17-26(36)31-22-10-6-20(7-11-22)28-32-24-14-5-18(2)16-25(24)39-28/h4-14,16,19H,1,15,17H2,2-3H3,(H,31,36).